The van der Waals surface area contributed by atoms with Gasteiger partial charge in [0.1, 0.15) is 6.04 Å². The standard InChI is InChI=1S/C13H20N4O/c1-6-7-14-12(18)10(2)16-11-8-15-17(9-11)13(3,4)5/h1,8-10,16H,7H2,2-5H3,(H,14,18)/t10-/m0/s1. The van der Waals surface area contributed by atoms with E-state index in [1.807, 2.05) is 10.9 Å². The Bertz CT molecular complexity index is 450. The average molecular weight is 248 g/mol. The van der Waals surface area contributed by atoms with Crippen LogP contribution in [-0.4, -0.2) is 28.3 Å². The first kappa shape index (κ1) is 14.1. The first-order valence-corrected chi connectivity index (χ1v) is 5.87. The number of rotatable bonds is 4. The number of terminal acetylenes is 1. The molecule has 0 fully saturated rings. The van der Waals surface area contributed by atoms with Crippen LogP contribution in [0, 0.1) is 12.3 Å². The summed E-state index contributed by atoms with van der Waals surface area (Å²) in [5.41, 5.74) is 0.739. The summed E-state index contributed by atoms with van der Waals surface area (Å²) < 4.78 is 1.85. The normalized spacial score (nSPS) is 12.6. The zero-order valence-corrected chi connectivity index (χ0v) is 11.3. The van der Waals surface area contributed by atoms with Crippen LogP contribution in [0.25, 0.3) is 0 Å². The van der Waals surface area contributed by atoms with Gasteiger partial charge in [-0.2, -0.15) is 5.10 Å². The van der Waals surface area contributed by atoms with Crippen LogP contribution in [0.3, 0.4) is 0 Å². The molecule has 1 aromatic heterocycles. The number of carbonyl (C=O) groups is 1. The molecule has 0 spiro atoms. The van der Waals surface area contributed by atoms with Gasteiger partial charge in [-0.15, -0.1) is 6.42 Å². The highest BCUT2D eigenvalue weighted by atomic mass is 16.2. The average Bonchev–Trinajstić information content (AvgIpc) is 2.73. The molecule has 1 amide bonds. The fraction of sp³-hybridized carbons (Fsp3) is 0.538. The maximum absolute atomic E-state index is 11.6. The Balaban J connectivity index is 2.60. The summed E-state index contributed by atoms with van der Waals surface area (Å²) in [5.74, 6) is 2.24. The SMILES string of the molecule is C#CCNC(=O)[C@H](C)Nc1cnn(C(C)(C)C)c1. The molecule has 0 aliphatic carbocycles. The Morgan fingerprint density at radius 3 is 2.78 bits per heavy atom. The van der Waals surface area contributed by atoms with Gasteiger partial charge in [0.15, 0.2) is 0 Å². The quantitative estimate of drug-likeness (QED) is 0.787. The Morgan fingerprint density at radius 2 is 2.28 bits per heavy atom. The van der Waals surface area contributed by atoms with Crippen LogP contribution in [-0.2, 0) is 10.3 Å². The summed E-state index contributed by atoms with van der Waals surface area (Å²) in [6.45, 7) is 8.21. The first-order valence-electron chi connectivity index (χ1n) is 5.87. The van der Waals surface area contributed by atoms with E-state index in [4.69, 9.17) is 6.42 Å². The van der Waals surface area contributed by atoms with Crippen molar-refractivity contribution in [3.05, 3.63) is 12.4 Å². The molecule has 0 aromatic carbocycles. The van der Waals surface area contributed by atoms with Crippen molar-refractivity contribution in [2.75, 3.05) is 11.9 Å². The largest absolute Gasteiger partial charge is 0.371 e. The topological polar surface area (TPSA) is 59.0 Å². The highest BCUT2D eigenvalue weighted by Crippen LogP contribution is 2.16. The number of hydrogen-bond acceptors (Lipinski definition) is 3. The molecule has 18 heavy (non-hydrogen) atoms. The molecule has 1 heterocycles. The zero-order chi connectivity index (χ0) is 13.8. The molecule has 5 heteroatoms. The number of anilines is 1. The van der Waals surface area contributed by atoms with Crippen LogP contribution in [0.15, 0.2) is 12.4 Å². The molecule has 0 bridgehead atoms. The minimum Gasteiger partial charge on any atom is -0.371 e. The summed E-state index contributed by atoms with van der Waals surface area (Å²) in [4.78, 5) is 11.6. The highest BCUT2D eigenvalue weighted by molar-refractivity contribution is 5.84. The van der Waals surface area contributed by atoms with Crippen molar-refractivity contribution in [1.82, 2.24) is 15.1 Å². The van der Waals surface area contributed by atoms with Crippen LogP contribution in [0.2, 0.25) is 0 Å². The third kappa shape index (κ3) is 3.81. The second-order valence-corrected chi connectivity index (χ2v) is 5.13. The first-order chi connectivity index (χ1) is 8.34. The maximum atomic E-state index is 11.6. The molecule has 1 rings (SSSR count). The van der Waals surface area contributed by atoms with Crippen molar-refractivity contribution in [1.29, 1.82) is 0 Å². The molecule has 1 atom stereocenters. The molecule has 0 unspecified atom stereocenters. The van der Waals surface area contributed by atoms with E-state index in [9.17, 15) is 4.79 Å². The van der Waals surface area contributed by atoms with E-state index in [0.717, 1.165) is 5.69 Å². The van der Waals surface area contributed by atoms with Gasteiger partial charge in [0.05, 0.1) is 24.0 Å². The highest BCUT2D eigenvalue weighted by Gasteiger charge is 2.16. The molecule has 0 aliphatic rings. The van der Waals surface area contributed by atoms with Crippen LogP contribution in [0.5, 0.6) is 0 Å². The number of amides is 1. The van der Waals surface area contributed by atoms with Crippen LogP contribution >= 0.6 is 0 Å². The maximum Gasteiger partial charge on any atom is 0.242 e. The van der Waals surface area contributed by atoms with Gasteiger partial charge in [0, 0.05) is 6.20 Å². The fourth-order valence-electron chi connectivity index (χ4n) is 1.37. The number of nitrogens with one attached hydrogen (secondary N) is 2. The van der Waals surface area contributed by atoms with Crippen LogP contribution < -0.4 is 10.6 Å². The van der Waals surface area contributed by atoms with E-state index in [0.29, 0.717) is 0 Å². The summed E-state index contributed by atoms with van der Waals surface area (Å²) in [5, 5.41) is 9.96. The van der Waals surface area contributed by atoms with E-state index >= 15 is 0 Å². The molecule has 0 aliphatic heterocycles. The van der Waals surface area contributed by atoms with Crippen LogP contribution in [0.1, 0.15) is 27.7 Å². The molecule has 1 aromatic rings. The molecule has 5 nitrogen and oxygen atoms in total. The predicted molar refractivity (Wildman–Crippen MR) is 72.2 cm³/mol. The lowest BCUT2D eigenvalue weighted by atomic mass is 10.1. The minimum atomic E-state index is -0.351. The van der Waals surface area contributed by atoms with Crippen LogP contribution in [0.4, 0.5) is 5.69 Å². The minimum absolute atomic E-state index is 0.0745. The third-order valence-corrected chi connectivity index (χ3v) is 2.41. The summed E-state index contributed by atoms with van der Waals surface area (Å²) in [6.07, 6.45) is 8.67. The molecule has 0 saturated heterocycles. The van der Waals surface area contributed by atoms with Gasteiger partial charge in [-0.3, -0.25) is 9.48 Å². The van der Waals surface area contributed by atoms with Crippen molar-refractivity contribution in [3.63, 3.8) is 0 Å². The number of aromatic nitrogens is 2. The summed E-state index contributed by atoms with van der Waals surface area (Å²) >= 11 is 0. The second kappa shape index (κ2) is 5.58. The van der Waals surface area contributed by atoms with Crippen molar-refractivity contribution in [2.45, 2.75) is 39.3 Å². The Hall–Kier alpha value is -1.96. The van der Waals surface area contributed by atoms with E-state index < -0.39 is 0 Å². The summed E-state index contributed by atoms with van der Waals surface area (Å²) in [6, 6.07) is -0.351. The fourth-order valence-corrected chi connectivity index (χ4v) is 1.37. The van der Waals surface area contributed by atoms with Gasteiger partial charge in [-0.25, -0.2) is 0 Å². The van der Waals surface area contributed by atoms with Gasteiger partial charge >= 0.3 is 0 Å². The summed E-state index contributed by atoms with van der Waals surface area (Å²) in [7, 11) is 0. The van der Waals surface area contributed by atoms with Crippen molar-refractivity contribution < 1.29 is 4.79 Å². The van der Waals surface area contributed by atoms with Gasteiger partial charge in [0.2, 0.25) is 5.91 Å². The van der Waals surface area contributed by atoms with E-state index in [1.54, 1.807) is 13.1 Å². The molecule has 2 N–H and O–H groups in total. The number of nitrogens with zero attached hydrogens (tertiary/aromatic N) is 2. The Labute approximate surface area is 108 Å². The van der Waals surface area contributed by atoms with Crippen molar-refractivity contribution in [3.8, 4) is 12.3 Å². The van der Waals surface area contributed by atoms with Gasteiger partial charge < -0.3 is 10.6 Å². The smallest absolute Gasteiger partial charge is 0.242 e. The van der Waals surface area contributed by atoms with E-state index in [1.165, 1.54) is 0 Å². The zero-order valence-electron chi connectivity index (χ0n) is 11.3. The molecular formula is C13H20N4O. The molecular weight excluding hydrogens is 228 g/mol. The molecule has 0 saturated carbocycles. The predicted octanol–water partition coefficient (Wildman–Crippen LogP) is 1.19. The number of carbonyl (C=O) groups excluding carboxylic acids is 1. The molecule has 0 radical (unpaired) electrons. The Morgan fingerprint density at radius 1 is 1.61 bits per heavy atom. The van der Waals surface area contributed by atoms with Crippen molar-refractivity contribution >= 4 is 11.6 Å². The molecule has 98 valence electrons. The van der Waals surface area contributed by atoms with Gasteiger partial charge in [0.25, 0.3) is 0 Å². The lowest BCUT2D eigenvalue weighted by molar-refractivity contribution is -0.121. The lowest BCUT2D eigenvalue weighted by Gasteiger charge is -2.19. The third-order valence-electron chi connectivity index (χ3n) is 2.41. The monoisotopic (exact) mass is 248 g/mol. The van der Waals surface area contributed by atoms with Crippen molar-refractivity contribution in [2.24, 2.45) is 0 Å². The second-order valence-electron chi connectivity index (χ2n) is 5.13. The van der Waals surface area contributed by atoms with Gasteiger partial charge in [-0.05, 0) is 27.7 Å². The van der Waals surface area contributed by atoms with E-state index in [-0.39, 0.29) is 24.0 Å². The van der Waals surface area contributed by atoms with E-state index in [2.05, 4.69) is 42.4 Å². The van der Waals surface area contributed by atoms with Gasteiger partial charge in [-0.1, -0.05) is 5.92 Å². The number of hydrogen-bond donors (Lipinski definition) is 2. The lowest BCUT2D eigenvalue weighted by Crippen LogP contribution is -2.37. The Kier molecular flexibility index (Phi) is 4.38.